The molecule has 4 atom stereocenters. The number of rotatable bonds is 4. The molecule has 0 N–H and O–H groups in total. The van der Waals surface area contributed by atoms with E-state index in [1.807, 2.05) is 60.7 Å². The van der Waals surface area contributed by atoms with Gasteiger partial charge >= 0.3 is 6.09 Å². The lowest BCUT2D eigenvalue weighted by atomic mass is 9.72. The van der Waals surface area contributed by atoms with Gasteiger partial charge in [0, 0.05) is 13.5 Å². The first-order valence-corrected chi connectivity index (χ1v) is 8.73. The summed E-state index contributed by atoms with van der Waals surface area (Å²) in [5.74, 6) is 0.00720. The Morgan fingerprint density at radius 2 is 1.58 bits per heavy atom. The Morgan fingerprint density at radius 1 is 1.00 bits per heavy atom. The first-order valence-electron chi connectivity index (χ1n) is 8.73. The second-order valence-electron chi connectivity index (χ2n) is 6.93. The van der Waals surface area contributed by atoms with Gasteiger partial charge in [0.2, 0.25) is 0 Å². The van der Waals surface area contributed by atoms with Crippen LogP contribution in [0.4, 0.5) is 4.79 Å². The van der Waals surface area contributed by atoms with Crippen LogP contribution in [0.15, 0.2) is 60.7 Å². The summed E-state index contributed by atoms with van der Waals surface area (Å²) in [5, 5.41) is 0. The molecule has 1 aliphatic carbocycles. The Morgan fingerprint density at radius 3 is 2.12 bits per heavy atom. The fraction of sp³-hybridized carbons (Fsp3) is 0.333. The molecule has 1 saturated heterocycles. The maximum atomic E-state index is 12.8. The molecule has 5 nitrogen and oxygen atoms in total. The molecule has 1 heterocycles. The second kappa shape index (κ2) is 6.25. The summed E-state index contributed by atoms with van der Waals surface area (Å²) in [7, 11) is 1.51. The van der Waals surface area contributed by atoms with Crippen LogP contribution in [0.2, 0.25) is 0 Å². The molecule has 0 spiro atoms. The predicted molar refractivity (Wildman–Crippen MR) is 95.5 cm³/mol. The van der Waals surface area contributed by atoms with Crippen molar-refractivity contribution in [3.63, 3.8) is 0 Å². The fourth-order valence-corrected chi connectivity index (χ4v) is 3.93. The van der Waals surface area contributed by atoms with Crippen LogP contribution in [0.5, 0.6) is 0 Å². The van der Waals surface area contributed by atoms with E-state index in [0.29, 0.717) is 0 Å². The van der Waals surface area contributed by atoms with E-state index in [0.717, 1.165) is 11.1 Å². The third-order valence-electron chi connectivity index (χ3n) is 5.62. The third-order valence-corrected chi connectivity index (χ3v) is 5.62. The number of Topliss-reactive ketones (excluding diaryl/α,β-unsaturated/α-hetero) is 1. The number of cyclic esters (lactones) is 1. The zero-order valence-electron chi connectivity index (χ0n) is 14.8. The highest BCUT2D eigenvalue weighted by Crippen LogP contribution is 2.49. The number of benzene rings is 2. The summed E-state index contributed by atoms with van der Waals surface area (Å²) in [4.78, 5) is 26.7. The SMILES string of the molecule is CO[C@@]1(C)C(=O)C[C@@H]1N1C(=O)O[C@H](c2ccccc2)[C@@H]1c1ccccc1. The minimum atomic E-state index is -0.988. The first-order chi connectivity index (χ1) is 12.6. The van der Waals surface area contributed by atoms with Crippen LogP contribution in [-0.2, 0) is 14.3 Å². The van der Waals surface area contributed by atoms with Crippen LogP contribution in [0.25, 0.3) is 0 Å². The number of carbonyl (C=O) groups excluding carboxylic acids is 2. The van der Waals surface area contributed by atoms with Gasteiger partial charge in [0.05, 0.1) is 6.04 Å². The zero-order chi connectivity index (χ0) is 18.3. The summed E-state index contributed by atoms with van der Waals surface area (Å²) >= 11 is 0. The summed E-state index contributed by atoms with van der Waals surface area (Å²) < 4.78 is 11.3. The Kier molecular flexibility index (Phi) is 4.04. The van der Waals surface area contributed by atoms with Crippen molar-refractivity contribution >= 4 is 11.9 Å². The van der Waals surface area contributed by atoms with Gasteiger partial charge < -0.3 is 9.47 Å². The number of amides is 1. The molecule has 2 fully saturated rings. The maximum absolute atomic E-state index is 12.8. The van der Waals surface area contributed by atoms with Crippen LogP contribution in [-0.4, -0.2) is 35.5 Å². The number of hydrogen-bond donors (Lipinski definition) is 0. The number of hydrogen-bond acceptors (Lipinski definition) is 4. The van der Waals surface area contributed by atoms with E-state index in [1.165, 1.54) is 7.11 Å². The smallest absolute Gasteiger partial charge is 0.411 e. The van der Waals surface area contributed by atoms with Crippen LogP contribution in [0.1, 0.15) is 36.6 Å². The van der Waals surface area contributed by atoms with Crippen LogP contribution in [0.3, 0.4) is 0 Å². The van der Waals surface area contributed by atoms with Crippen LogP contribution in [0, 0.1) is 0 Å². The molecule has 2 aromatic carbocycles. The number of ether oxygens (including phenoxy) is 2. The Bertz CT molecular complexity index is 822. The molecule has 0 bridgehead atoms. The zero-order valence-corrected chi connectivity index (χ0v) is 14.8. The highest BCUT2D eigenvalue weighted by Gasteiger charge is 2.60. The van der Waals surface area contributed by atoms with Gasteiger partial charge in [0.25, 0.3) is 0 Å². The molecule has 2 aromatic rings. The minimum Gasteiger partial charge on any atom is -0.439 e. The summed E-state index contributed by atoms with van der Waals surface area (Å²) in [6.45, 7) is 1.74. The molecule has 4 rings (SSSR count). The number of carbonyl (C=O) groups is 2. The molecule has 0 aromatic heterocycles. The van der Waals surface area contributed by atoms with E-state index in [2.05, 4.69) is 0 Å². The molecular weight excluding hydrogens is 330 g/mol. The predicted octanol–water partition coefficient (Wildman–Crippen LogP) is 3.67. The molecule has 1 saturated carbocycles. The van der Waals surface area contributed by atoms with Gasteiger partial charge in [-0.1, -0.05) is 60.7 Å². The molecule has 1 amide bonds. The summed E-state index contributed by atoms with van der Waals surface area (Å²) in [6.07, 6.45) is -0.555. The van der Waals surface area contributed by atoms with E-state index >= 15 is 0 Å². The molecule has 0 radical (unpaired) electrons. The lowest BCUT2D eigenvalue weighted by Gasteiger charge is -2.49. The number of nitrogens with zero attached hydrogens (tertiary/aromatic N) is 1. The highest BCUT2D eigenvalue weighted by molar-refractivity contribution is 5.96. The van der Waals surface area contributed by atoms with Gasteiger partial charge in [-0.05, 0) is 18.1 Å². The highest BCUT2D eigenvalue weighted by atomic mass is 16.6. The van der Waals surface area contributed by atoms with Gasteiger partial charge in [-0.15, -0.1) is 0 Å². The maximum Gasteiger partial charge on any atom is 0.411 e. The molecule has 26 heavy (non-hydrogen) atoms. The summed E-state index contributed by atoms with van der Waals surface area (Å²) in [5.41, 5.74) is 0.921. The fourth-order valence-electron chi connectivity index (χ4n) is 3.93. The van der Waals surface area contributed by atoms with E-state index in [1.54, 1.807) is 11.8 Å². The van der Waals surface area contributed by atoms with Crippen molar-refractivity contribution in [3.05, 3.63) is 71.8 Å². The molecular formula is C21H21NO4. The topological polar surface area (TPSA) is 55.8 Å². The van der Waals surface area contributed by atoms with Gasteiger partial charge in [-0.25, -0.2) is 4.79 Å². The standard InChI is InChI=1S/C21H21NO4/c1-21(25-2)16(13-17(21)23)22-18(14-9-5-3-6-10-14)19(26-20(22)24)15-11-7-4-8-12-15/h3-12,16,18-19H,13H2,1-2H3/t16-,18-,19+,21+/m0/s1. The lowest BCUT2D eigenvalue weighted by molar-refractivity contribution is -0.167. The Balaban J connectivity index is 1.78. The molecule has 2 aliphatic rings. The molecule has 1 aliphatic heterocycles. The van der Waals surface area contributed by atoms with Gasteiger partial charge in [0.1, 0.15) is 11.6 Å². The van der Waals surface area contributed by atoms with Crippen molar-refractivity contribution in [1.82, 2.24) is 4.90 Å². The first kappa shape index (κ1) is 16.8. The van der Waals surface area contributed by atoms with E-state index < -0.39 is 17.8 Å². The summed E-state index contributed by atoms with van der Waals surface area (Å²) in [6, 6.07) is 18.9. The Labute approximate surface area is 152 Å². The third kappa shape index (κ3) is 2.42. The molecule has 5 heteroatoms. The van der Waals surface area contributed by atoms with Crippen molar-refractivity contribution in [2.75, 3.05) is 7.11 Å². The second-order valence-corrected chi connectivity index (χ2v) is 6.93. The molecule has 0 unspecified atom stereocenters. The minimum absolute atomic E-state index is 0.00720. The monoisotopic (exact) mass is 351 g/mol. The average Bonchev–Trinajstić information content (AvgIpc) is 3.03. The quantitative estimate of drug-likeness (QED) is 0.843. The molecule has 134 valence electrons. The van der Waals surface area contributed by atoms with Gasteiger partial charge in [0.15, 0.2) is 11.9 Å². The van der Waals surface area contributed by atoms with Crippen LogP contribution >= 0.6 is 0 Å². The van der Waals surface area contributed by atoms with Crippen molar-refractivity contribution in [1.29, 1.82) is 0 Å². The lowest BCUT2D eigenvalue weighted by Crippen LogP contribution is -2.66. The van der Waals surface area contributed by atoms with Crippen LogP contribution < -0.4 is 0 Å². The van der Waals surface area contributed by atoms with E-state index in [-0.39, 0.29) is 24.3 Å². The van der Waals surface area contributed by atoms with Gasteiger partial charge in [-0.2, -0.15) is 0 Å². The van der Waals surface area contributed by atoms with Crippen molar-refractivity contribution in [3.8, 4) is 0 Å². The number of ketones is 1. The largest absolute Gasteiger partial charge is 0.439 e. The number of methoxy groups -OCH3 is 1. The van der Waals surface area contributed by atoms with E-state index in [4.69, 9.17) is 9.47 Å². The normalized spacial score (nSPS) is 30.8. The average molecular weight is 351 g/mol. The van der Waals surface area contributed by atoms with Crippen molar-refractivity contribution in [2.24, 2.45) is 0 Å². The van der Waals surface area contributed by atoms with E-state index in [9.17, 15) is 9.59 Å². The van der Waals surface area contributed by atoms with Gasteiger partial charge in [-0.3, -0.25) is 9.69 Å². The Hall–Kier alpha value is -2.66. The van der Waals surface area contributed by atoms with Crippen molar-refractivity contribution in [2.45, 2.75) is 37.1 Å². The van der Waals surface area contributed by atoms with Crippen molar-refractivity contribution < 1.29 is 19.1 Å².